The number of nitrogens with zero attached hydrogens (tertiary/aromatic N) is 3. The van der Waals surface area contributed by atoms with Crippen LogP contribution in [0.15, 0.2) is 24.4 Å². The van der Waals surface area contributed by atoms with Crippen LogP contribution in [0.3, 0.4) is 0 Å². The van der Waals surface area contributed by atoms with Crippen LogP contribution in [0.5, 0.6) is 0 Å². The van der Waals surface area contributed by atoms with Gasteiger partial charge in [-0.3, -0.25) is 14.5 Å². The molecule has 0 saturated heterocycles. The fraction of sp³-hybridized carbons (Fsp3) is 0.308. The zero-order valence-corrected chi connectivity index (χ0v) is 11.0. The summed E-state index contributed by atoms with van der Waals surface area (Å²) >= 11 is 0. The zero-order chi connectivity index (χ0) is 13.8. The van der Waals surface area contributed by atoms with Crippen LogP contribution < -0.4 is 5.73 Å². The molecule has 0 spiro atoms. The van der Waals surface area contributed by atoms with Crippen molar-refractivity contribution in [1.82, 2.24) is 14.8 Å². The number of aromatic nitrogens is 3. The smallest absolute Gasteiger partial charge is 0.328 e. The van der Waals surface area contributed by atoms with Gasteiger partial charge in [-0.05, 0) is 26.0 Å². The van der Waals surface area contributed by atoms with Crippen LogP contribution in [0.25, 0.3) is 0 Å². The number of pyridine rings is 1. The number of carbonyl (C=O) groups is 1. The predicted molar refractivity (Wildman–Crippen MR) is 70.1 cm³/mol. The van der Waals surface area contributed by atoms with Gasteiger partial charge in [0.1, 0.15) is 13.2 Å². The van der Waals surface area contributed by atoms with Crippen molar-refractivity contribution < 1.29 is 9.53 Å². The average molecular weight is 260 g/mol. The van der Waals surface area contributed by atoms with E-state index in [1.54, 1.807) is 23.9 Å². The highest BCUT2D eigenvalue weighted by Crippen LogP contribution is 2.14. The highest BCUT2D eigenvalue weighted by Gasteiger charge is 2.12. The van der Waals surface area contributed by atoms with E-state index in [2.05, 4.69) is 10.1 Å². The number of rotatable bonds is 4. The molecule has 2 rings (SSSR count). The monoisotopic (exact) mass is 260 g/mol. The van der Waals surface area contributed by atoms with Gasteiger partial charge < -0.3 is 10.5 Å². The molecule has 2 heterocycles. The summed E-state index contributed by atoms with van der Waals surface area (Å²) in [6, 6.07) is 5.45. The molecule has 0 aromatic carbocycles. The minimum Gasteiger partial charge on any atom is -0.458 e. The van der Waals surface area contributed by atoms with Gasteiger partial charge in [-0.2, -0.15) is 5.10 Å². The quantitative estimate of drug-likeness (QED) is 0.836. The summed E-state index contributed by atoms with van der Waals surface area (Å²) in [5, 5.41) is 4.18. The second-order valence-corrected chi connectivity index (χ2v) is 4.22. The molecular weight excluding hydrogens is 244 g/mol. The number of nitrogens with two attached hydrogens (primary N) is 1. The number of anilines is 1. The van der Waals surface area contributed by atoms with Crippen molar-refractivity contribution in [2.75, 3.05) is 5.73 Å². The Bertz CT molecular complexity index is 578. The highest BCUT2D eigenvalue weighted by atomic mass is 16.5. The van der Waals surface area contributed by atoms with Gasteiger partial charge in [0.15, 0.2) is 0 Å². The minimum atomic E-state index is -0.365. The van der Waals surface area contributed by atoms with E-state index in [1.165, 1.54) is 0 Å². The van der Waals surface area contributed by atoms with E-state index in [0.717, 1.165) is 11.4 Å². The third kappa shape index (κ3) is 3.09. The van der Waals surface area contributed by atoms with Crippen molar-refractivity contribution in [3.8, 4) is 0 Å². The Morgan fingerprint density at radius 1 is 1.42 bits per heavy atom. The van der Waals surface area contributed by atoms with Crippen LogP contribution in [0.4, 0.5) is 5.69 Å². The molecule has 6 nitrogen and oxygen atoms in total. The van der Waals surface area contributed by atoms with E-state index < -0.39 is 0 Å². The fourth-order valence-corrected chi connectivity index (χ4v) is 1.67. The number of nitrogen functional groups attached to an aromatic ring is 1. The van der Waals surface area contributed by atoms with Gasteiger partial charge in [0, 0.05) is 6.20 Å². The van der Waals surface area contributed by atoms with E-state index >= 15 is 0 Å². The summed E-state index contributed by atoms with van der Waals surface area (Å²) in [4.78, 5) is 15.8. The van der Waals surface area contributed by atoms with E-state index in [4.69, 9.17) is 10.5 Å². The molecule has 0 amide bonds. The molecule has 0 aliphatic heterocycles. The molecule has 0 fully saturated rings. The number of hydrogen-bond donors (Lipinski definition) is 1. The van der Waals surface area contributed by atoms with Gasteiger partial charge in [0.05, 0.1) is 22.8 Å². The number of ether oxygens (including phenoxy) is 1. The molecule has 0 atom stereocenters. The van der Waals surface area contributed by atoms with Crippen LogP contribution in [-0.2, 0) is 22.7 Å². The summed E-state index contributed by atoms with van der Waals surface area (Å²) in [7, 11) is 0. The van der Waals surface area contributed by atoms with Gasteiger partial charge in [0.25, 0.3) is 0 Å². The number of carbonyl (C=O) groups excluding carboxylic acids is 1. The van der Waals surface area contributed by atoms with Crippen LogP contribution in [0.1, 0.15) is 17.1 Å². The van der Waals surface area contributed by atoms with Crippen LogP contribution in [0, 0.1) is 13.8 Å². The Morgan fingerprint density at radius 2 is 2.21 bits per heavy atom. The van der Waals surface area contributed by atoms with Crippen LogP contribution in [0.2, 0.25) is 0 Å². The molecular formula is C13H16N4O2. The molecule has 100 valence electrons. The van der Waals surface area contributed by atoms with Crippen LogP contribution in [-0.4, -0.2) is 20.7 Å². The van der Waals surface area contributed by atoms with Gasteiger partial charge >= 0.3 is 5.97 Å². The second kappa shape index (κ2) is 5.51. The van der Waals surface area contributed by atoms with Crippen molar-refractivity contribution in [3.63, 3.8) is 0 Å². The lowest BCUT2D eigenvalue weighted by atomic mass is 10.3. The van der Waals surface area contributed by atoms with Crippen molar-refractivity contribution >= 4 is 11.7 Å². The molecule has 0 aliphatic carbocycles. The Balaban J connectivity index is 1.93. The summed E-state index contributed by atoms with van der Waals surface area (Å²) in [5.41, 5.74) is 8.61. The first kappa shape index (κ1) is 13.1. The number of aryl methyl sites for hydroxylation is 1. The Hall–Kier alpha value is -2.37. The molecule has 6 heteroatoms. The van der Waals surface area contributed by atoms with Crippen molar-refractivity contribution in [2.45, 2.75) is 27.0 Å². The van der Waals surface area contributed by atoms with E-state index in [9.17, 15) is 4.79 Å². The Labute approximate surface area is 111 Å². The van der Waals surface area contributed by atoms with E-state index in [0.29, 0.717) is 11.4 Å². The molecule has 19 heavy (non-hydrogen) atoms. The second-order valence-electron chi connectivity index (χ2n) is 4.22. The van der Waals surface area contributed by atoms with Gasteiger partial charge in [-0.25, -0.2) is 0 Å². The van der Waals surface area contributed by atoms with Crippen molar-refractivity contribution in [3.05, 3.63) is 41.5 Å². The number of hydrogen-bond acceptors (Lipinski definition) is 5. The first-order valence-corrected chi connectivity index (χ1v) is 5.93. The largest absolute Gasteiger partial charge is 0.458 e. The predicted octanol–water partition coefficient (Wildman–Crippen LogP) is 1.22. The Kier molecular flexibility index (Phi) is 3.79. The van der Waals surface area contributed by atoms with Gasteiger partial charge in [-0.1, -0.05) is 6.07 Å². The first-order valence-electron chi connectivity index (χ1n) is 5.93. The normalized spacial score (nSPS) is 10.4. The topological polar surface area (TPSA) is 83.0 Å². The van der Waals surface area contributed by atoms with E-state index in [1.807, 2.05) is 19.1 Å². The SMILES string of the molecule is Cc1nn(CC(=O)OCc2ccccn2)c(C)c1N. The molecule has 2 aromatic heterocycles. The average Bonchev–Trinajstić information content (AvgIpc) is 2.65. The maximum atomic E-state index is 11.7. The zero-order valence-electron chi connectivity index (χ0n) is 11.0. The summed E-state index contributed by atoms with van der Waals surface area (Å²) < 4.78 is 6.68. The highest BCUT2D eigenvalue weighted by molar-refractivity contribution is 5.69. The molecule has 0 unspecified atom stereocenters. The molecule has 2 N–H and O–H groups in total. The maximum absolute atomic E-state index is 11.7. The van der Waals surface area contributed by atoms with Gasteiger partial charge in [-0.15, -0.1) is 0 Å². The molecule has 0 radical (unpaired) electrons. The van der Waals surface area contributed by atoms with Crippen molar-refractivity contribution in [1.29, 1.82) is 0 Å². The molecule has 0 bridgehead atoms. The minimum absolute atomic E-state index is 0.0523. The maximum Gasteiger partial charge on any atom is 0.328 e. The molecule has 0 aliphatic rings. The Morgan fingerprint density at radius 3 is 2.79 bits per heavy atom. The number of esters is 1. The van der Waals surface area contributed by atoms with Crippen molar-refractivity contribution in [2.24, 2.45) is 0 Å². The lowest BCUT2D eigenvalue weighted by Crippen LogP contribution is -2.16. The molecule has 2 aromatic rings. The third-order valence-electron chi connectivity index (χ3n) is 2.82. The standard InChI is InChI=1S/C13H16N4O2/c1-9-13(14)10(2)17(16-9)7-12(18)19-8-11-5-3-4-6-15-11/h3-6H,7-8,14H2,1-2H3. The van der Waals surface area contributed by atoms with Gasteiger partial charge in [0.2, 0.25) is 0 Å². The summed E-state index contributed by atoms with van der Waals surface area (Å²) in [6.07, 6.45) is 1.66. The summed E-state index contributed by atoms with van der Waals surface area (Å²) in [5.74, 6) is -0.365. The molecule has 0 saturated carbocycles. The lowest BCUT2D eigenvalue weighted by Gasteiger charge is -2.06. The lowest BCUT2D eigenvalue weighted by molar-refractivity contribution is -0.146. The third-order valence-corrected chi connectivity index (χ3v) is 2.82. The fourth-order valence-electron chi connectivity index (χ4n) is 1.67. The summed E-state index contributed by atoms with van der Waals surface area (Å²) in [6.45, 7) is 3.84. The van der Waals surface area contributed by atoms with E-state index in [-0.39, 0.29) is 19.1 Å². The first-order chi connectivity index (χ1) is 9.08. The van der Waals surface area contributed by atoms with Crippen LogP contribution >= 0.6 is 0 Å².